The van der Waals surface area contributed by atoms with Crippen LogP contribution >= 0.6 is 0 Å². The van der Waals surface area contributed by atoms with Gasteiger partial charge < -0.3 is 5.73 Å². The lowest BCUT2D eigenvalue weighted by atomic mass is 10.1. The molecule has 1 aliphatic rings. The van der Waals surface area contributed by atoms with Crippen molar-refractivity contribution in [1.29, 1.82) is 0 Å². The van der Waals surface area contributed by atoms with Gasteiger partial charge in [-0.15, -0.1) is 0 Å². The number of nitrogens with two attached hydrogens (primary N) is 1. The smallest absolute Gasteiger partial charge is 0.257 e. The highest BCUT2D eigenvalue weighted by Crippen LogP contribution is 2.21. The van der Waals surface area contributed by atoms with Crippen LogP contribution < -0.4 is 11.3 Å². The van der Waals surface area contributed by atoms with Gasteiger partial charge in [0.2, 0.25) is 5.95 Å². The normalized spacial score (nSPS) is 14.2. The third kappa shape index (κ3) is 3.21. The van der Waals surface area contributed by atoms with Crippen molar-refractivity contribution in [2.24, 2.45) is 0 Å². The predicted octanol–water partition coefficient (Wildman–Crippen LogP) is 2.11. The van der Waals surface area contributed by atoms with Crippen LogP contribution in [0.15, 0.2) is 47.4 Å². The van der Waals surface area contributed by atoms with Crippen LogP contribution in [0.1, 0.15) is 16.8 Å². The Bertz CT molecular complexity index is 1000. The number of halogens is 1. The van der Waals surface area contributed by atoms with Crippen LogP contribution in [-0.4, -0.2) is 26.4 Å². The van der Waals surface area contributed by atoms with Crippen molar-refractivity contribution >= 4 is 5.95 Å². The van der Waals surface area contributed by atoms with E-state index >= 15 is 0 Å². The third-order valence-electron chi connectivity index (χ3n) is 4.55. The van der Waals surface area contributed by atoms with Crippen molar-refractivity contribution in [2.45, 2.75) is 19.5 Å². The van der Waals surface area contributed by atoms with E-state index in [1.54, 1.807) is 24.4 Å². The molecule has 0 spiro atoms. The molecule has 0 aliphatic carbocycles. The number of hydrogen-bond acceptors (Lipinski definition) is 5. The van der Waals surface area contributed by atoms with Crippen molar-refractivity contribution in [3.8, 4) is 11.3 Å². The molecule has 132 valence electrons. The largest absolute Gasteiger partial charge is 0.369 e. The molecule has 26 heavy (non-hydrogen) atoms. The Morgan fingerprint density at radius 1 is 1.23 bits per heavy atom. The van der Waals surface area contributed by atoms with Crippen LogP contribution in [0.3, 0.4) is 0 Å². The summed E-state index contributed by atoms with van der Waals surface area (Å²) in [6.07, 6.45) is 2.44. The van der Waals surface area contributed by atoms with Gasteiger partial charge >= 0.3 is 0 Å². The number of H-pyrrole nitrogens is 1. The second-order valence-corrected chi connectivity index (χ2v) is 6.37. The zero-order valence-corrected chi connectivity index (χ0v) is 14.1. The van der Waals surface area contributed by atoms with Crippen molar-refractivity contribution in [3.05, 3.63) is 75.6 Å². The summed E-state index contributed by atoms with van der Waals surface area (Å²) in [6.45, 7) is 1.97. The monoisotopic (exact) mass is 351 g/mol. The molecule has 3 heterocycles. The summed E-state index contributed by atoms with van der Waals surface area (Å²) in [6, 6.07) is 10.3. The standard InChI is InChI=1S/C19H18FN5O/c20-15-4-2-1-3-13(15)16-6-5-12(9-22-16)10-25-8-7-17-14(11-25)18(26)24-19(21)23-17/h1-6,9H,7-8,10-11H2,(H3,21,23,24,26). The van der Waals surface area contributed by atoms with Gasteiger partial charge in [-0.25, -0.2) is 9.37 Å². The number of fused-ring (bicyclic) bond motifs is 1. The second-order valence-electron chi connectivity index (χ2n) is 6.37. The summed E-state index contributed by atoms with van der Waals surface area (Å²) >= 11 is 0. The van der Waals surface area contributed by atoms with E-state index in [1.807, 2.05) is 12.1 Å². The van der Waals surface area contributed by atoms with Gasteiger partial charge in [0, 0.05) is 37.8 Å². The molecule has 6 nitrogen and oxygen atoms in total. The lowest BCUT2D eigenvalue weighted by Crippen LogP contribution is -2.35. The first-order chi connectivity index (χ1) is 12.6. The minimum atomic E-state index is -0.286. The number of hydrogen-bond donors (Lipinski definition) is 2. The number of pyridine rings is 1. The van der Waals surface area contributed by atoms with Crippen molar-refractivity contribution in [1.82, 2.24) is 19.9 Å². The molecule has 4 rings (SSSR count). The SMILES string of the molecule is Nc1nc2c(c(=O)[nH]1)CN(Cc1ccc(-c3ccccc3F)nc1)CC2. The fourth-order valence-electron chi connectivity index (χ4n) is 3.24. The molecular weight excluding hydrogens is 333 g/mol. The van der Waals surface area contributed by atoms with Crippen LogP contribution in [0.25, 0.3) is 11.3 Å². The fraction of sp³-hybridized carbons (Fsp3) is 0.211. The molecule has 1 aliphatic heterocycles. The van der Waals surface area contributed by atoms with Crippen LogP contribution in [0.2, 0.25) is 0 Å². The molecule has 0 saturated carbocycles. The number of benzene rings is 1. The van der Waals surface area contributed by atoms with Gasteiger partial charge in [-0.05, 0) is 23.8 Å². The first-order valence-corrected chi connectivity index (χ1v) is 8.40. The number of nitrogens with one attached hydrogen (secondary N) is 1. The summed E-state index contributed by atoms with van der Waals surface area (Å²) in [5.74, 6) is -0.124. The van der Waals surface area contributed by atoms with Gasteiger partial charge in [-0.3, -0.25) is 19.7 Å². The van der Waals surface area contributed by atoms with Crippen LogP contribution in [0.5, 0.6) is 0 Å². The molecule has 3 aromatic rings. The Morgan fingerprint density at radius 3 is 2.85 bits per heavy atom. The number of aromatic amines is 1. The summed E-state index contributed by atoms with van der Waals surface area (Å²) in [5, 5.41) is 0. The highest BCUT2D eigenvalue weighted by Gasteiger charge is 2.21. The number of anilines is 1. The summed E-state index contributed by atoms with van der Waals surface area (Å²) < 4.78 is 13.9. The Morgan fingerprint density at radius 2 is 2.08 bits per heavy atom. The van der Waals surface area contributed by atoms with Gasteiger partial charge in [0.05, 0.1) is 17.0 Å². The maximum absolute atomic E-state index is 13.9. The molecule has 0 fully saturated rings. The highest BCUT2D eigenvalue weighted by molar-refractivity contribution is 5.59. The third-order valence-corrected chi connectivity index (χ3v) is 4.55. The second kappa shape index (κ2) is 6.68. The summed E-state index contributed by atoms with van der Waals surface area (Å²) in [7, 11) is 0. The minimum absolute atomic E-state index is 0.162. The fourth-order valence-corrected chi connectivity index (χ4v) is 3.24. The van der Waals surface area contributed by atoms with E-state index in [4.69, 9.17) is 5.73 Å². The van der Waals surface area contributed by atoms with Crippen LogP contribution in [-0.2, 0) is 19.5 Å². The first-order valence-electron chi connectivity index (χ1n) is 8.40. The van der Waals surface area contributed by atoms with E-state index in [2.05, 4.69) is 19.9 Å². The van der Waals surface area contributed by atoms with Gasteiger partial charge in [0.25, 0.3) is 5.56 Å². The molecular formula is C19H18FN5O. The summed E-state index contributed by atoms with van der Waals surface area (Å²) in [4.78, 5) is 25.4. The average molecular weight is 351 g/mol. The van der Waals surface area contributed by atoms with Crippen LogP contribution in [0, 0.1) is 5.82 Å². The molecule has 0 unspecified atom stereocenters. The summed E-state index contributed by atoms with van der Waals surface area (Å²) in [5.41, 5.74) is 8.96. The first kappa shape index (κ1) is 16.4. The molecule has 0 bridgehead atoms. The maximum Gasteiger partial charge on any atom is 0.257 e. The number of rotatable bonds is 3. The molecule has 2 aromatic heterocycles. The van der Waals surface area contributed by atoms with Crippen molar-refractivity contribution < 1.29 is 4.39 Å². The van der Waals surface area contributed by atoms with Crippen LogP contribution in [0.4, 0.5) is 10.3 Å². The average Bonchev–Trinajstić information content (AvgIpc) is 2.63. The maximum atomic E-state index is 13.9. The Kier molecular flexibility index (Phi) is 4.22. The van der Waals surface area contributed by atoms with Crippen molar-refractivity contribution in [3.63, 3.8) is 0 Å². The molecule has 0 amide bonds. The number of aromatic nitrogens is 3. The van der Waals surface area contributed by atoms with E-state index in [-0.39, 0.29) is 17.3 Å². The molecule has 7 heteroatoms. The van der Waals surface area contributed by atoms with Gasteiger partial charge in [-0.2, -0.15) is 0 Å². The predicted molar refractivity (Wildman–Crippen MR) is 96.7 cm³/mol. The molecule has 0 saturated heterocycles. The molecule has 0 radical (unpaired) electrons. The zero-order valence-electron chi connectivity index (χ0n) is 14.1. The Balaban J connectivity index is 1.50. The lowest BCUT2D eigenvalue weighted by Gasteiger charge is -2.27. The molecule has 3 N–H and O–H groups in total. The van der Waals surface area contributed by atoms with E-state index in [0.29, 0.717) is 36.3 Å². The Hall–Kier alpha value is -3.06. The Labute approximate surface area is 149 Å². The van der Waals surface area contributed by atoms with Gasteiger partial charge in [0.15, 0.2) is 0 Å². The van der Waals surface area contributed by atoms with Gasteiger partial charge in [-0.1, -0.05) is 18.2 Å². The lowest BCUT2D eigenvalue weighted by molar-refractivity contribution is 0.241. The molecule has 0 atom stereocenters. The minimum Gasteiger partial charge on any atom is -0.369 e. The van der Waals surface area contributed by atoms with E-state index < -0.39 is 0 Å². The van der Waals surface area contributed by atoms with Gasteiger partial charge in [0.1, 0.15) is 5.82 Å². The van der Waals surface area contributed by atoms with E-state index in [0.717, 1.165) is 17.8 Å². The number of nitrogen functional groups attached to an aromatic ring is 1. The highest BCUT2D eigenvalue weighted by atomic mass is 19.1. The van der Waals surface area contributed by atoms with Crippen molar-refractivity contribution in [2.75, 3.05) is 12.3 Å². The molecule has 1 aromatic carbocycles. The number of nitrogens with zero attached hydrogens (tertiary/aromatic N) is 3. The zero-order chi connectivity index (χ0) is 18.1. The van der Waals surface area contributed by atoms with E-state index in [9.17, 15) is 9.18 Å². The topological polar surface area (TPSA) is 87.9 Å². The van der Waals surface area contributed by atoms with E-state index in [1.165, 1.54) is 6.07 Å². The quantitative estimate of drug-likeness (QED) is 0.755.